The van der Waals surface area contributed by atoms with Gasteiger partial charge in [0, 0.05) is 5.56 Å². The topological polar surface area (TPSA) is 78.6 Å². The first kappa shape index (κ1) is 16.7. The van der Waals surface area contributed by atoms with Gasteiger partial charge in [-0.15, -0.1) is 0 Å². The van der Waals surface area contributed by atoms with Crippen molar-refractivity contribution in [3.05, 3.63) is 42.5 Å². The lowest BCUT2D eigenvalue weighted by molar-refractivity contribution is -0.165. The summed E-state index contributed by atoms with van der Waals surface area (Å²) in [6.07, 6.45) is 1.40. The Kier molecular flexibility index (Phi) is 5.16. The van der Waals surface area contributed by atoms with E-state index >= 15 is 0 Å². The quantitative estimate of drug-likeness (QED) is 0.602. The Bertz CT molecular complexity index is 659. The van der Waals surface area contributed by atoms with Crippen molar-refractivity contribution in [1.29, 1.82) is 0 Å². The summed E-state index contributed by atoms with van der Waals surface area (Å²) < 4.78 is 15.4. The van der Waals surface area contributed by atoms with E-state index < -0.39 is 17.4 Å². The van der Waals surface area contributed by atoms with Crippen molar-refractivity contribution in [3.8, 4) is 11.3 Å². The number of esters is 2. The van der Waals surface area contributed by atoms with E-state index in [2.05, 4.69) is 4.98 Å². The second-order valence-electron chi connectivity index (χ2n) is 4.97. The highest BCUT2D eigenvalue weighted by molar-refractivity contribution is 6.05. The lowest BCUT2D eigenvalue weighted by Gasteiger charge is -2.21. The highest BCUT2D eigenvalue weighted by Gasteiger charge is 2.50. The molecule has 6 heteroatoms. The molecule has 23 heavy (non-hydrogen) atoms. The van der Waals surface area contributed by atoms with E-state index in [1.165, 1.54) is 13.2 Å². The third-order valence-corrected chi connectivity index (χ3v) is 3.37. The van der Waals surface area contributed by atoms with Crippen LogP contribution in [-0.4, -0.2) is 30.1 Å². The number of oxazole rings is 1. The van der Waals surface area contributed by atoms with Crippen molar-refractivity contribution >= 4 is 11.9 Å². The predicted molar refractivity (Wildman–Crippen MR) is 82.6 cm³/mol. The monoisotopic (exact) mass is 317 g/mol. The highest BCUT2D eigenvalue weighted by atomic mass is 16.6. The van der Waals surface area contributed by atoms with Gasteiger partial charge in [0.1, 0.15) is 12.0 Å². The maximum atomic E-state index is 12.3. The Hall–Kier alpha value is -2.63. The Morgan fingerprint density at radius 3 is 2.17 bits per heavy atom. The van der Waals surface area contributed by atoms with Crippen LogP contribution in [0.2, 0.25) is 0 Å². The summed E-state index contributed by atoms with van der Waals surface area (Å²) in [6, 6.07) is 9.31. The molecule has 0 saturated carbocycles. The zero-order chi connectivity index (χ0) is 16.9. The van der Waals surface area contributed by atoms with Gasteiger partial charge in [0.05, 0.1) is 13.2 Å². The molecular weight excluding hydrogens is 298 g/mol. The Balaban J connectivity index is 2.42. The van der Waals surface area contributed by atoms with Gasteiger partial charge in [-0.25, -0.2) is 4.98 Å². The number of ether oxygens (including phenoxy) is 2. The van der Waals surface area contributed by atoms with Crippen LogP contribution in [0.25, 0.3) is 11.3 Å². The molecule has 0 aliphatic heterocycles. The summed E-state index contributed by atoms with van der Waals surface area (Å²) >= 11 is 0. The van der Waals surface area contributed by atoms with Crippen molar-refractivity contribution < 1.29 is 23.5 Å². The number of rotatable bonds is 6. The molecule has 122 valence electrons. The van der Waals surface area contributed by atoms with Gasteiger partial charge in [-0.1, -0.05) is 30.3 Å². The smallest absolute Gasteiger partial charge is 0.332 e. The number of aromatic nitrogens is 1. The molecule has 2 rings (SSSR count). The highest BCUT2D eigenvalue weighted by Crippen LogP contribution is 2.29. The molecule has 0 amide bonds. The van der Waals surface area contributed by atoms with Gasteiger partial charge in [0.15, 0.2) is 0 Å². The third kappa shape index (κ3) is 3.26. The van der Waals surface area contributed by atoms with E-state index in [0.717, 1.165) is 5.56 Å². The fraction of sp³-hybridized carbons (Fsp3) is 0.353. The molecule has 0 bridgehead atoms. The molecule has 0 radical (unpaired) electrons. The number of nitrogens with zero attached hydrogens (tertiary/aromatic N) is 1. The largest absolute Gasteiger partial charge is 0.465 e. The van der Waals surface area contributed by atoms with Crippen LogP contribution < -0.4 is 0 Å². The summed E-state index contributed by atoms with van der Waals surface area (Å²) in [6.45, 7) is 4.99. The number of hydrogen-bond acceptors (Lipinski definition) is 6. The standard InChI is InChI=1S/C17H19NO5/c1-4-21-15(19)17(3,16(20)22-5-2)14-18-13(11-23-14)12-9-7-6-8-10-12/h6-11H,4-5H2,1-3H3. The summed E-state index contributed by atoms with van der Waals surface area (Å²) in [4.78, 5) is 28.9. The number of carbonyl (C=O) groups is 2. The fourth-order valence-electron chi connectivity index (χ4n) is 2.05. The van der Waals surface area contributed by atoms with Gasteiger partial charge in [0.25, 0.3) is 0 Å². The van der Waals surface area contributed by atoms with Crippen LogP contribution in [0, 0.1) is 0 Å². The second-order valence-corrected chi connectivity index (χ2v) is 4.97. The molecule has 0 aliphatic carbocycles. The average Bonchev–Trinajstić information content (AvgIpc) is 3.05. The zero-order valence-corrected chi connectivity index (χ0v) is 13.4. The molecule has 0 spiro atoms. The maximum absolute atomic E-state index is 12.3. The van der Waals surface area contributed by atoms with Crippen molar-refractivity contribution in [2.24, 2.45) is 0 Å². The third-order valence-electron chi connectivity index (χ3n) is 3.37. The van der Waals surface area contributed by atoms with Crippen molar-refractivity contribution in [2.75, 3.05) is 13.2 Å². The molecule has 0 saturated heterocycles. The van der Waals surface area contributed by atoms with E-state index in [4.69, 9.17) is 13.9 Å². The molecule has 2 aromatic rings. The van der Waals surface area contributed by atoms with Crippen LogP contribution in [0.3, 0.4) is 0 Å². The lowest BCUT2D eigenvalue weighted by atomic mass is 9.90. The van der Waals surface area contributed by atoms with Crippen molar-refractivity contribution in [2.45, 2.75) is 26.2 Å². The van der Waals surface area contributed by atoms with Gasteiger partial charge in [0.2, 0.25) is 11.3 Å². The molecule has 1 aromatic heterocycles. The Morgan fingerprint density at radius 1 is 1.09 bits per heavy atom. The molecule has 0 N–H and O–H groups in total. The molecule has 0 unspecified atom stereocenters. The minimum absolute atomic E-state index is 0.0479. The van der Waals surface area contributed by atoms with E-state index in [0.29, 0.717) is 5.69 Å². The SMILES string of the molecule is CCOC(=O)C(C)(C(=O)OCC)c1nc(-c2ccccc2)co1. The first-order valence-corrected chi connectivity index (χ1v) is 7.39. The number of carbonyl (C=O) groups excluding carboxylic acids is 2. The van der Waals surface area contributed by atoms with Crippen molar-refractivity contribution in [3.63, 3.8) is 0 Å². The fourth-order valence-corrected chi connectivity index (χ4v) is 2.05. The van der Waals surface area contributed by atoms with Gasteiger partial charge >= 0.3 is 11.9 Å². The van der Waals surface area contributed by atoms with E-state index in [-0.39, 0.29) is 19.1 Å². The van der Waals surface area contributed by atoms with Gasteiger partial charge < -0.3 is 13.9 Å². The Morgan fingerprint density at radius 2 is 1.65 bits per heavy atom. The molecular formula is C17H19NO5. The number of benzene rings is 1. The minimum atomic E-state index is -1.74. The predicted octanol–water partition coefficient (Wildman–Crippen LogP) is 2.73. The number of hydrogen-bond donors (Lipinski definition) is 0. The average molecular weight is 317 g/mol. The van der Waals surface area contributed by atoms with Crippen LogP contribution in [-0.2, 0) is 24.5 Å². The minimum Gasteiger partial charge on any atom is -0.465 e. The van der Waals surface area contributed by atoms with Crippen LogP contribution in [0.1, 0.15) is 26.7 Å². The van der Waals surface area contributed by atoms with Crippen LogP contribution >= 0.6 is 0 Å². The molecule has 1 aromatic carbocycles. The van der Waals surface area contributed by atoms with Gasteiger partial charge in [-0.2, -0.15) is 0 Å². The Labute approximate surface area is 134 Å². The van der Waals surface area contributed by atoms with Gasteiger partial charge in [-0.05, 0) is 20.8 Å². The van der Waals surface area contributed by atoms with Gasteiger partial charge in [-0.3, -0.25) is 9.59 Å². The lowest BCUT2D eigenvalue weighted by Crippen LogP contribution is -2.44. The first-order valence-electron chi connectivity index (χ1n) is 7.39. The summed E-state index contributed by atoms with van der Waals surface area (Å²) in [5.41, 5.74) is -0.392. The van der Waals surface area contributed by atoms with E-state index in [1.807, 2.05) is 30.3 Å². The zero-order valence-electron chi connectivity index (χ0n) is 13.4. The summed E-state index contributed by atoms with van der Waals surface area (Å²) in [5.74, 6) is -1.55. The summed E-state index contributed by atoms with van der Waals surface area (Å²) in [7, 11) is 0. The first-order chi connectivity index (χ1) is 11.0. The normalized spacial score (nSPS) is 11.1. The molecule has 0 fully saturated rings. The van der Waals surface area contributed by atoms with Crippen LogP contribution in [0.15, 0.2) is 41.0 Å². The summed E-state index contributed by atoms with van der Waals surface area (Å²) in [5, 5.41) is 0. The molecule has 1 heterocycles. The van der Waals surface area contributed by atoms with Crippen LogP contribution in [0.4, 0.5) is 0 Å². The van der Waals surface area contributed by atoms with Crippen molar-refractivity contribution in [1.82, 2.24) is 4.98 Å². The maximum Gasteiger partial charge on any atom is 0.332 e. The second kappa shape index (κ2) is 7.09. The van der Waals surface area contributed by atoms with E-state index in [9.17, 15) is 9.59 Å². The molecule has 6 nitrogen and oxygen atoms in total. The molecule has 0 aliphatic rings. The molecule has 0 atom stereocenters. The van der Waals surface area contributed by atoms with Crippen LogP contribution in [0.5, 0.6) is 0 Å². The van der Waals surface area contributed by atoms with E-state index in [1.54, 1.807) is 13.8 Å².